The average molecular weight is 450 g/mol. The van der Waals surface area contributed by atoms with Crippen LogP contribution in [0.5, 0.6) is 0 Å². The van der Waals surface area contributed by atoms with Crippen LogP contribution in [0.1, 0.15) is 43.2 Å². The van der Waals surface area contributed by atoms with Crippen molar-refractivity contribution >= 4 is 18.0 Å². The molecule has 0 saturated heterocycles. The molecule has 2 atom stereocenters. The van der Waals surface area contributed by atoms with Crippen LogP contribution in [0.25, 0.3) is 11.1 Å². The predicted octanol–water partition coefficient (Wildman–Crippen LogP) is 3.52. The lowest BCUT2D eigenvalue weighted by atomic mass is 9.98. The van der Waals surface area contributed by atoms with E-state index in [1.807, 2.05) is 54.6 Å². The molecule has 2 aromatic rings. The monoisotopic (exact) mass is 449 g/mol. The number of benzene rings is 2. The standard InChI is InChI=1S/C25H27N3O5/c1-16(24(30)31)28(2)23(29)22(13-7-8-14-26)27-25(32)33-15-21-19-11-5-3-9-17(19)18-10-4-6-12-20(18)21/h3-6,9-12,16,21-22H,7-8,13,15H2,1-2H3,(H,27,32)(H,30,31)/t16-,22?/m0/s1. The summed E-state index contributed by atoms with van der Waals surface area (Å²) in [5, 5.41) is 20.6. The number of carboxylic acids is 1. The summed E-state index contributed by atoms with van der Waals surface area (Å²) in [5.41, 5.74) is 4.36. The molecule has 172 valence electrons. The Morgan fingerprint density at radius 1 is 1.12 bits per heavy atom. The van der Waals surface area contributed by atoms with E-state index in [-0.39, 0.29) is 25.4 Å². The lowest BCUT2D eigenvalue weighted by Crippen LogP contribution is -2.51. The topological polar surface area (TPSA) is 120 Å². The van der Waals surface area contributed by atoms with Gasteiger partial charge in [0.15, 0.2) is 0 Å². The van der Waals surface area contributed by atoms with E-state index in [4.69, 9.17) is 10.00 Å². The first kappa shape index (κ1) is 23.8. The quantitative estimate of drug-likeness (QED) is 0.565. The maximum absolute atomic E-state index is 12.8. The number of carbonyl (C=O) groups excluding carboxylic acids is 2. The number of alkyl carbamates (subject to hydrolysis) is 1. The molecule has 2 N–H and O–H groups in total. The van der Waals surface area contributed by atoms with Gasteiger partial charge in [0, 0.05) is 19.4 Å². The highest BCUT2D eigenvalue weighted by molar-refractivity contribution is 5.89. The molecule has 8 nitrogen and oxygen atoms in total. The van der Waals surface area contributed by atoms with Crippen LogP contribution in [-0.4, -0.2) is 53.7 Å². The first-order chi connectivity index (χ1) is 15.8. The maximum atomic E-state index is 12.8. The van der Waals surface area contributed by atoms with Crippen molar-refractivity contribution in [2.45, 2.75) is 44.2 Å². The van der Waals surface area contributed by atoms with E-state index in [2.05, 4.69) is 5.32 Å². The zero-order chi connectivity index (χ0) is 24.0. The largest absolute Gasteiger partial charge is 0.480 e. The van der Waals surface area contributed by atoms with Crippen molar-refractivity contribution in [2.24, 2.45) is 0 Å². The van der Waals surface area contributed by atoms with Gasteiger partial charge in [-0.25, -0.2) is 9.59 Å². The SMILES string of the molecule is C[C@@H](C(=O)O)N(C)C(=O)C(CCCC#N)NC(=O)OCC1c2ccccc2-c2ccccc21. The van der Waals surface area contributed by atoms with E-state index >= 15 is 0 Å². The fourth-order valence-electron chi connectivity index (χ4n) is 4.03. The number of rotatable bonds is 9. The van der Waals surface area contributed by atoms with E-state index in [9.17, 15) is 19.5 Å². The molecule has 0 radical (unpaired) electrons. The molecule has 1 aliphatic carbocycles. The Hall–Kier alpha value is -3.86. The zero-order valence-corrected chi connectivity index (χ0v) is 18.7. The van der Waals surface area contributed by atoms with Crippen LogP contribution in [0.2, 0.25) is 0 Å². The minimum Gasteiger partial charge on any atom is -0.480 e. The van der Waals surface area contributed by atoms with E-state index in [0.29, 0.717) is 6.42 Å². The van der Waals surface area contributed by atoms with Gasteiger partial charge >= 0.3 is 12.1 Å². The van der Waals surface area contributed by atoms with Crippen LogP contribution in [0, 0.1) is 11.3 Å². The number of unbranched alkanes of at least 4 members (excludes halogenated alkanes) is 1. The molecule has 8 heteroatoms. The molecule has 0 saturated carbocycles. The lowest BCUT2D eigenvalue weighted by Gasteiger charge is -2.27. The van der Waals surface area contributed by atoms with Crippen LogP contribution in [0.15, 0.2) is 48.5 Å². The second kappa shape index (κ2) is 10.6. The minimum atomic E-state index is -1.15. The number of ether oxygens (including phenoxy) is 1. The van der Waals surface area contributed by atoms with Gasteiger partial charge in [-0.15, -0.1) is 0 Å². The average Bonchev–Trinajstić information content (AvgIpc) is 3.14. The first-order valence-corrected chi connectivity index (χ1v) is 10.8. The summed E-state index contributed by atoms with van der Waals surface area (Å²) in [6, 6.07) is 15.9. The highest BCUT2D eigenvalue weighted by Gasteiger charge is 2.31. The summed E-state index contributed by atoms with van der Waals surface area (Å²) in [6.07, 6.45) is 0.0385. The van der Waals surface area contributed by atoms with Gasteiger partial charge in [-0.3, -0.25) is 4.79 Å². The molecule has 0 fully saturated rings. The molecule has 2 amide bonds. The zero-order valence-electron chi connectivity index (χ0n) is 18.7. The number of hydrogen-bond acceptors (Lipinski definition) is 5. The molecular weight excluding hydrogens is 422 g/mol. The van der Waals surface area contributed by atoms with E-state index < -0.39 is 30.1 Å². The molecule has 2 aromatic carbocycles. The molecule has 0 bridgehead atoms. The fourth-order valence-corrected chi connectivity index (χ4v) is 4.03. The van der Waals surface area contributed by atoms with Crippen LogP contribution < -0.4 is 5.32 Å². The number of likely N-dealkylation sites (N-methyl/N-ethyl adjacent to an activating group) is 1. The number of carbonyl (C=O) groups is 3. The van der Waals surface area contributed by atoms with Gasteiger partial charge in [-0.1, -0.05) is 48.5 Å². The Balaban J connectivity index is 1.68. The van der Waals surface area contributed by atoms with Crippen LogP contribution in [-0.2, 0) is 14.3 Å². The van der Waals surface area contributed by atoms with Crippen molar-refractivity contribution in [3.8, 4) is 17.2 Å². The summed E-state index contributed by atoms with van der Waals surface area (Å²) in [6.45, 7) is 1.49. The molecule has 1 aliphatic rings. The van der Waals surface area contributed by atoms with Crippen molar-refractivity contribution < 1.29 is 24.2 Å². The highest BCUT2D eigenvalue weighted by Crippen LogP contribution is 2.44. The number of fused-ring (bicyclic) bond motifs is 3. The third-order valence-corrected chi connectivity index (χ3v) is 6.00. The second-order valence-electron chi connectivity index (χ2n) is 8.04. The van der Waals surface area contributed by atoms with Crippen LogP contribution in [0.3, 0.4) is 0 Å². The molecule has 0 aliphatic heterocycles. The first-order valence-electron chi connectivity index (χ1n) is 10.8. The fraction of sp³-hybridized carbons (Fsp3) is 0.360. The maximum Gasteiger partial charge on any atom is 0.407 e. The van der Waals surface area contributed by atoms with Gasteiger partial charge < -0.3 is 20.1 Å². The molecule has 3 rings (SSSR count). The summed E-state index contributed by atoms with van der Waals surface area (Å²) in [5.74, 6) is -1.82. The number of nitriles is 1. The Morgan fingerprint density at radius 2 is 1.70 bits per heavy atom. The number of nitrogens with zero attached hydrogens (tertiary/aromatic N) is 2. The van der Waals surface area contributed by atoms with E-state index in [0.717, 1.165) is 27.2 Å². The van der Waals surface area contributed by atoms with Gasteiger partial charge in [0.2, 0.25) is 5.91 Å². The third-order valence-electron chi connectivity index (χ3n) is 6.00. The van der Waals surface area contributed by atoms with E-state index in [1.54, 1.807) is 0 Å². The van der Waals surface area contributed by atoms with Crippen molar-refractivity contribution in [3.05, 3.63) is 59.7 Å². The van der Waals surface area contributed by atoms with Crippen molar-refractivity contribution in [1.29, 1.82) is 5.26 Å². The summed E-state index contributed by atoms with van der Waals surface area (Å²) >= 11 is 0. The lowest BCUT2D eigenvalue weighted by molar-refractivity contribution is -0.149. The van der Waals surface area contributed by atoms with Crippen molar-refractivity contribution in [1.82, 2.24) is 10.2 Å². The second-order valence-corrected chi connectivity index (χ2v) is 8.04. The highest BCUT2D eigenvalue weighted by atomic mass is 16.5. The molecule has 1 unspecified atom stereocenters. The molecular formula is C25H27N3O5. The van der Waals surface area contributed by atoms with Crippen LogP contribution in [0.4, 0.5) is 4.79 Å². The van der Waals surface area contributed by atoms with Crippen molar-refractivity contribution in [2.75, 3.05) is 13.7 Å². The molecule has 33 heavy (non-hydrogen) atoms. The number of hydrogen-bond donors (Lipinski definition) is 2. The summed E-state index contributed by atoms with van der Waals surface area (Å²) in [7, 11) is 1.37. The Bertz CT molecular complexity index is 1030. The summed E-state index contributed by atoms with van der Waals surface area (Å²) in [4.78, 5) is 37.8. The van der Waals surface area contributed by atoms with E-state index in [1.165, 1.54) is 14.0 Å². The number of amides is 2. The number of carboxylic acid groups (broad SMARTS) is 1. The van der Waals surface area contributed by atoms with Gasteiger partial charge in [0.05, 0.1) is 6.07 Å². The number of aliphatic carboxylic acids is 1. The van der Waals surface area contributed by atoms with Gasteiger partial charge in [0.1, 0.15) is 18.7 Å². The number of nitrogens with one attached hydrogen (secondary N) is 1. The minimum absolute atomic E-state index is 0.0976. The van der Waals surface area contributed by atoms with Crippen molar-refractivity contribution in [3.63, 3.8) is 0 Å². The normalized spacial score (nSPS) is 13.7. The Labute approximate surface area is 192 Å². The van der Waals surface area contributed by atoms with Gasteiger partial charge in [-0.05, 0) is 42.0 Å². The Kier molecular flexibility index (Phi) is 7.67. The molecule has 0 aromatic heterocycles. The van der Waals surface area contributed by atoms with Crippen LogP contribution >= 0.6 is 0 Å². The van der Waals surface area contributed by atoms with Gasteiger partial charge in [-0.2, -0.15) is 5.26 Å². The third kappa shape index (κ3) is 5.32. The molecule has 0 heterocycles. The smallest absolute Gasteiger partial charge is 0.407 e. The summed E-state index contributed by atoms with van der Waals surface area (Å²) < 4.78 is 5.51. The molecule has 0 spiro atoms. The predicted molar refractivity (Wildman–Crippen MR) is 121 cm³/mol. The Morgan fingerprint density at radius 3 is 2.24 bits per heavy atom. The van der Waals surface area contributed by atoms with Gasteiger partial charge in [0.25, 0.3) is 0 Å².